The van der Waals surface area contributed by atoms with Crippen LogP contribution >= 0.6 is 30.6 Å². The molecule has 1 aliphatic rings. The van der Waals surface area contributed by atoms with E-state index in [9.17, 15) is 4.57 Å². The fraction of sp³-hybridized carbons (Fsp3) is 0.778. The van der Waals surface area contributed by atoms with Crippen molar-refractivity contribution in [3.05, 3.63) is 11.9 Å². The maximum atomic E-state index is 10.9. The molecule has 0 amide bonds. The molecule has 0 aromatic heterocycles. The Morgan fingerprint density at radius 3 is 2.67 bits per heavy atom. The standard InChI is InChI=1S/C9H15BIO6P/c1-3-15-6-7(17-11)9(2,16-8(6)10)4-5-18(12,13)14/h4-8H,3H2,1-2H3,(H2,12,13,14)/b5-4+/t6?,7?,8-,9-/m1/s1. The molecule has 0 spiro atoms. The second-order valence-electron chi connectivity index (χ2n) is 4.10. The Hall–Kier alpha value is 0.565. The Bertz CT molecular complexity index is 361. The molecule has 6 nitrogen and oxygen atoms in total. The Morgan fingerprint density at radius 2 is 2.22 bits per heavy atom. The van der Waals surface area contributed by atoms with E-state index in [1.807, 2.05) is 6.92 Å². The van der Waals surface area contributed by atoms with E-state index < -0.39 is 31.4 Å². The van der Waals surface area contributed by atoms with Gasteiger partial charge in [0.1, 0.15) is 48.7 Å². The van der Waals surface area contributed by atoms with Gasteiger partial charge in [0.15, 0.2) is 0 Å². The lowest BCUT2D eigenvalue weighted by Crippen LogP contribution is -2.41. The van der Waals surface area contributed by atoms with Crippen molar-refractivity contribution in [1.82, 2.24) is 0 Å². The minimum absolute atomic E-state index is 0.441. The zero-order valence-corrected chi connectivity index (χ0v) is 13.1. The summed E-state index contributed by atoms with van der Waals surface area (Å²) in [7, 11) is 1.53. The highest BCUT2D eigenvalue weighted by Crippen LogP contribution is 2.41. The molecule has 0 saturated carbocycles. The summed E-state index contributed by atoms with van der Waals surface area (Å²) in [5, 5.41) is 0. The molecule has 2 unspecified atom stereocenters. The third kappa shape index (κ3) is 4.03. The predicted molar refractivity (Wildman–Crippen MR) is 74.5 cm³/mol. The molecular formula is C9H15BIO6P. The molecule has 1 aliphatic heterocycles. The average Bonchev–Trinajstić information content (AvgIpc) is 2.48. The van der Waals surface area contributed by atoms with E-state index in [4.69, 9.17) is 30.2 Å². The van der Waals surface area contributed by atoms with Crippen LogP contribution in [0.25, 0.3) is 0 Å². The largest absolute Gasteiger partial charge is 0.374 e. The van der Waals surface area contributed by atoms with Crippen LogP contribution in [0.15, 0.2) is 11.9 Å². The van der Waals surface area contributed by atoms with Crippen molar-refractivity contribution in [2.75, 3.05) is 6.61 Å². The van der Waals surface area contributed by atoms with E-state index in [0.29, 0.717) is 6.61 Å². The highest BCUT2D eigenvalue weighted by atomic mass is 127. The highest BCUT2D eigenvalue weighted by Gasteiger charge is 2.50. The van der Waals surface area contributed by atoms with Crippen LogP contribution in [0.1, 0.15) is 13.8 Å². The first-order chi connectivity index (χ1) is 8.23. The summed E-state index contributed by atoms with van der Waals surface area (Å²) >= 11 is 1.70. The van der Waals surface area contributed by atoms with Gasteiger partial charge in [0.25, 0.3) is 0 Å². The fourth-order valence-electron chi connectivity index (χ4n) is 1.82. The monoisotopic (exact) mass is 388 g/mol. The van der Waals surface area contributed by atoms with Crippen LogP contribution in [-0.2, 0) is 17.1 Å². The molecule has 1 fully saturated rings. The lowest BCUT2D eigenvalue weighted by Gasteiger charge is -2.27. The van der Waals surface area contributed by atoms with E-state index in [1.165, 1.54) is 6.08 Å². The Labute approximate surface area is 121 Å². The summed E-state index contributed by atoms with van der Waals surface area (Å²) in [5.41, 5.74) is -1.04. The lowest BCUT2D eigenvalue weighted by molar-refractivity contribution is 0.00442. The summed E-state index contributed by atoms with van der Waals surface area (Å²) in [4.78, 5) is 17.7. The predicted octanol–water partition coefficient (Wildman–Crippen LogP) is 1.10. The molecule has 0 aromatic rings. The zero-order chi connectivity index (χ0) is 14.0. The maximum Gasteiger partial charge on any atom is 0.348 e. The number of hydrogen-bond donors (Lipinski definition) is 2. The highest BCUT2D eigenvalue weighted by molar-refractivity contribution is 14.1. The van der Waals surface area contributed by atoms with Gasteiger partial charge in [-0.15, -0.1) is 0 Å². The smallest absolute Gasteiger partial charge is 0.348 e. The second-order valence-corrected chi connectivity index (χ2v) is 6.09. The molecular weight excluding hydrogens is 373 g/mol. The van der Waals surface area contributed by atoms with Crippen molar-refractivity contribution in [3.8, 4) is 0 Å². The molecule has 18 heavy (non-hydrogen) atoms. The van der Waals surface area contributed by atoms with E-state index in [1.54, 1.807) is 29.9 Å². The molecule has 4 atom stereocenters. The summed E-state index contributed by atoms with van der Waals surface area (Å²) in [5.74, 6) is 0.788. The Kier molecular flexibility index (Phi) is 5.86. The average molecular weight is 388 g/mol. The van der Waals surface area contributed by atoms with Crippen LogP contribution in [-0.4, -0.2) is 48.1 Å². The van der Waals surface area contributed by atoms with Gasteiger partial charge in [0, 0.05) is 18.4 Å². The summed E-state index contributed by atoms with van der Waals surface area (Å²) < 4.78 is 27.1. The first kappa shape index (κ1) is 16.6. The van der Waals surface area contributed by atoms with Crippen molar-refractivity contribution >= 4 is 38.4 Å². The van der Waals surface area contributed by atoms with Crippen LogP contribution in [0, 0.1) is 0 Å². The first-order valence-corrected chi connectivity index (χ1v) is 7.88. The van der Waals surface area contributed by atoms with Crippen LogP contribution in [0.4, 0.5) is 0 Å². The van der Waals surface area contributed by atoms with E-state index >= 15 is 0 Å². The van der Waals surface area contributed by atoms with E-state index in [0.717, 1.165) is 5.82 Å². The molecule has 102 valence electrons. The quantitative estimate of drug-likeness (QED) is 0.417. The second kappa shape index (κ2) is 6.34. The molecule has 1 rings (SSSR count). The van der Waals surface area contributed by atoms with Crippen molar-refractivity contribution in [2.24, 2.45) is 0 Å². The van der Waals surface area contributed by atoms with E-state index in [2.05, 4.69) is 0 Å². The van der Waals surface area contributed by atoms with Crippen molar-refractivity contribution < 1.29 is 26.9 Å². The molecule has 1 saturated heterocycles. The molecule has 9 heteroatoms. The van der Waals surface area contributed by atoms with Crippen molar-refractivity contribution in [2.45, 2.75) is 37.7 Å². The lowest BCUT2D eigenvalue weighted by atomic mass is 9.90. The third-order valence-electron chi connectivity index (χ3n) is 2.63. The number of ether oxygens (including phenoxy) is 2. The molecule has 1 heterocycles. The molecule has 0 aromatic carbocycles. The van der Waals surface area contributed by atoms with Gasteiger partial charge >= 0.3 is 7.60 Å². The minimum atomic E-state index is -4.25. The van der Waals surface area contributed by atoms with Gasteiger partial charge in [0.2, 0.25) is 0 Å². The maximum absolute atomic E-state index is 10.9. The molecule has 2 N–H and O–H groups in total. The zero-order valence-electron chi connectivity index (χ0n) is 10.0. The number of halogens is 1. The Balaban J connectivity index is 2.94. The summed E-state index contributed by atoms with van der Waals surface area (Å²) in [6, 6.07) is -0.712. The van der Waals surface area contributed by atoms with E-state index in [-0.39, 0.29) is 0 Å². The normalized spacial score (nSPS) is 37.5. The topological polar surface area (TPSA) is 85.2 Å². The van der Waals surface area contributed by atoms with Crippen molar-refractivity contribution in [1.29, 1.82) is 0 Å². The number of hydrogen-bond acceptors (Lipinski definition) is 4. The SMILES string of the molecule is [B][C@@H]1O[C@](C)(/C=C/P(=O)(O)O)C(OI)C1OCC. The Morgan fingerprint density at radius 1 is 1.61 bits per heavy atom. The fourth-order valence-corrected chi connectivity index (χ4v) is 3.10. The van der Waals surface area contributed by atoms with Gasteiger partial charge in [-0.05, 0) is 19.9 Å². The van der Waals surface area contributed by atoms with Gasteiger partial charge in [-0.1, -0.05) is 0 Å². The van der Waals surface area contributed by atoms with Crippen LogP contribution in [0.2, 0.25) is 0 Å². The van der Waals surface area contributed by atoms with Crippen molar-refractivity contribution in [3.63, 3.8) is 0 Å². The van der Waals surface area contributed by atoms with Gasteiger partial charge in [-0.3, -0.25) is 4.57 Å². The van der Waals surface area contributed by atoms with Crippen LogP contribution < -0.4 is 0 Å². The first-order valence-electron chi connectivity index (χ1n) is 5.31. The summed E-state index contributed by atoms with van der Waals surface area (Å²) in [6.07, 6.45) is 0.241. The summed E-state index contributed by atoms with van der Waals surface area (Å²) in [6.45, 7) is 3.90. The molecule has 0 bridgehead atoms. The van der Waals surface area contributed by atoms with Gasteiger partial charge in [0.05, 0.1) is 0 Å². The van der Waals surface area contributed by atoms with Crippen LogP contribution in [0.3, 0.4) is 0 Å². The van der Waals surface area contributed by atoms with Gasteiger partial charge < -0.3 is 22.3 Å². The number of rotatable bonds is 5. The van der Waals surface area contributed by atoms with Gasteiger partial charge in [-0.25, -0.2) is 0 Å². The molecule has 0 aliphatic carbocycles. The molecule has 2 radical (unpaired) electrons. The van der Waals surface area contributed by atoms with Crippen LogP contribution in [0.5, 0.6) is 0 Å². The van der Waals surface area contributed by atoms with Gasteiger partial charge in [-0.2, -0.15) is 0 Å². The minimum Gasteiger partial charge on any atom is -0.374 e. The third-order valence-corrected chi connectivity index (χ3v) is 3.72.